The quantitative estimate of drug-likeness (QED) is 0.477. The highest BCUT2D eigenvalue weighted by Gasteiger charge is 1.89. The number of halogens is 1. The highest BCUT2D eigenvalue weighted by molar-refractivity contribution is 6.49. The third-order valence-corrected chi connectivity index (χ3v) is 3.44. The molecule has 1 aromatic carbocycles. The molecular weight excluding hydrogens is 160 g/mol. The van der Waals surface area contributed by atoms with Crippen molar-refractivity contribution >= 4 is 21.1 Å². The summed E-state index contributed by atoms with van der Waals surface area (Å²) in [6, 6.07) is 11.8. The van der Waals surface area contributed by atoms with Crippen molar-refractivity contribution in [2.75, 3.05) is 5.50 Å². The molecule has 0 aliphatic heterocycles. The summed E-state index contributed by atoms with van der Waals surface area (Å²) in [5.41, 5.74) is 2.34. The van der Waals surface area contributed by atoms with Crippen LogP contribution in [0.1, 0.15) is 5.56 Å². The van der Waals surface area contributed by atoms with Gasteiger partial charge < -0.3 is 0 Å². The monoisotopic (exact) mass is 170 g/mol. The number of hydrogen-bond acceptors (Lipinski definition) is 0. The molecule has 0 amide bonds. The third-order valence-electron chi connectivity index (χ3n) is 1.44. The Bertz CT molecular complexity index is 174. The van der Waals surface area contributed by atoms with Gasteiger partial charge >= 0.3 is 0 Å². The molecule has 0 aliphatic carbocycles. The molecule has 2 heteroatoms. The van der Waals surface area contributed by atoms with Crippen LogP contribution in [0.3, 0.4) is 0 Å². The molecule has 0 atom stereocenters. The molecule has 0 bridgehead atoms. The van der Waals surface area contributed by atoms with Gasteiger partial charge in [-0.2, -0.15) is 0 Å². The molecule has 0 radical (unpaired) electrons. The van der Waals surface area contributed by atoms with Gasteiger partial charge in [0.1, 0.15) is 0 Å². The van der Waals surface area contributed by atoms with E-state index in [0.717, 1.165) is 5.50 Å². The molecule has 1 aromatic rings. The van der Waals surface area contributed by atoms with E-state index in [0.29, 0.717) is 0 Å². The van der Waals surface area contributed by atoms with Crippen molar-refractivity contribution in [1.29, 1.82) is 0 Å². The van der Waals surface area contributed by atoms with E-state index in [4.69, 9.17) is 11.6 Å². The zero-order valence-corrected chi connectivity index (χ0v) is 8.06. The van der Waals surface area contributed by atoms with Gasteiger partial charge in [0.2, 0.25) is 0 Å². The minimum absolute atomic E-state index is 0.0111. The van der Waals surface area contributed by atoms with Gasteiger partial charge in [0.25, 0.3) is 0 Å². The van der Waals surface area contributed by atoms with Crippen molar-refractivity contribution in [2.24, 2.45) is 0 Å². The van der Waals surface area contributed by atoms with E-state index < -0.39 is 0 Å². The predicted molar refractivity (Wildman–Crippen MR) is 49.4 cm³/mol. The van der Waals surface area contributed by atoms with Crippen LogP contribution in [-0.4, -0.2) is 15.0 Å². The maximum absolute atomic E-state index is 5.61. The molecule has 0 fully saturated rings. The Kier molecular flexibility index (Phi) is 3.55. The van der Waals surface area contributed by atoms with Crippen LogP contribution in [0.25, 0.3) is 0 Å². The first-order valence-electron chi connectivity index (χ1n) is 3.53. The average Bonchev–Trinajstić information content (AvgIpc) is 2.03. The standard InChI is InChI=1S/C8H11ClSi/c9-7-10-6-8-4-2-1-3-5-8/h1-5H,6-7,10H2. The summed E-state index contributed by atoms with van der Waals surface area (Å²) in [6.45, 7) is 0. The molecule has 54 valence electrons. The molecule has 0 spiro atoms. The summed E-state index contributed by atoms with van der Waals surface area (Å²) < 4.78 is 0. The Morgan fingerprint density at radius 2 is 1.90 bits per heavy atom. The molecule has 0 unspecified atom stereocenters. The SMILES string of the molecule is ClC[SiH2]Cc1ccccc1. The second-order valence-corrected chi connectivity index (χ2v) is 5.00. The van der Waals surface area contributed by atoms with Crippen LogP contribution in [0.15, 0.2) is 30.3 Å². The number of rotatable bonds is 3. The highest BCUT2D eigenvalue weighted by Crippen LogP contribution is 1.97. The summed E-state index contributed by atoms with van der Waals surface area (Å²) in [5, 5.41) is 0. The van der Waals surface area contributed by atoms with E-state index in [9.17, 15) is 0 Å². The van der Waals surface area contributed by atoms with Crippen LogP contribution in [0.4, 0.5) is 0 Å². The van der Waals surface area contributed by atoms with E-state index in [1.165, 1.54) is 11.6 Å². The Labute approximate surface area is 69.0 Å². The van der Waals surface area contributed by atoms with Crippen LogP contribution in [-0.2, 0) is 6.04 Å². The predicted octanol–water partition coefficient (Wildman–Crippen LogP) is 1.55. The fourth-order valence-electron chi connectivity index (χ4n) is 0.916. The van der Waals surface area contributed by atoms with Crippen LogP contribution >= 0.6 is 11.6 Å². The van der Waals surface area contributed by atoms with E-state index in [1.54, 1.807) is 0 Å². The van der Waals surface area contributed by atoms with E-state index in [2.05, 4.69) is 24.3 Å². The second-order valence-electron chi connectivity index (χ2n) is 2.28. The fraction of sp³-hybridized carbons (Fsp3) is 0.250. The van der Waals surface area contributed by atoms with Crippen molar-refractivity contribution in [2.45, 2.75) is 6.04 Å². The summed E-state index contributed by atoms with van der Waals surface area (Å²) in [6.07, 6.45) is 0. The lowest BCUT2D eigenvalue weighted by Gasteiger charge is -1.95. The molecule has 10 heavy (non-hydrogen) atoms. The zero-order chi connectivity index (χ0) is 7.23. The molecule has 0 aliphatic rings. The molecular formula is C8H11ClSi. The summed E-state index contributed by atoms with van der Waals surface area (Å²) in [5.74, 6) is 0. The minimum atomic E-state index is -0.0111. The van der Waals surface area contributed by atoms with Gasteiger partial charge in [-0.05, 0) is 6.04 Å². The van der Waals surface area contributed by atoms with Crippen molar-refractivity contribution in [1.82, 2.24) is 0 Å². The van der Waals surface area contributed by atoms with Crippen LogP contribution in [0, 0.1) is 0 Å². The van der Waals surface area contributed by atoms with E-state index in [1.807, 2.05) is 6.07 Å². The maximum atomic E-state index is 5.61. The van der Waals surface area contributed by atoms with Crippen LogP contribution in [0.2, 0.25) is 0 Å². The summed E-state index contributed by atoms with van der Waals surface area (Å²) in [7, 11) is -0.0111. The molecule has 0 saturated carbocycles. The van der Waals surface area contributed by atoms with Crippen molar-refractivity contribution in [3.8, 4) is 0 Å². The first kappa shape index (κ1) is 7.83. The number of benzene rings is 1. The lowest BCUT2D eigenvalue weighted by molar-refractivity contribution is 1.38. The van der Waals surface area contributed by atoms with Gasteiger partial charge in [0.15, 0.2) is 0 Å². The zero-order valence-electron chi connectivity index (χ0n) is 5.89. The highest BCUT2D eigenvalue weighted by atomic mass is 35.5. The van der Waals surface area contributed by atoms with Gasteiger partial charge in [-0.15, -0.1) is 11.6 Å². The van der Waals surface area contributed by atoms with Gasteiger partial charge in [-0.3, -0.25) is 0 Å². The van der Waals surface area contributed by atoms with Crippen LogP contribution in [0.5, 0.6) is 0 Å². The second kappa shape index (κ2) is 4.53. The van der Waals surface area contributed by atoms with Gasteiger partial charge in [0.05, 0.1) is 0 Å². The first-order valence-corrected chi connectivity index (χ1v) is 6.07. The number of hydrogen-bond donors (Lipinski definition) is 0. The Morgan fingerprint density at radius 1 is 1.20 bits per heavy atom. The normalized spacial score (nSPS) is 10.9. The first-order chi connectivity index (χ1) is 4.93. The Balaban J connectivity index is 2.43. The van der Waals surface area contributed by atoms with E-state index >= 15 is 0 Å². The minimum Gasteiger partial charge on any atom is -0.131 e. The molecule has 0 nitrogen and oxygen atoms in total. The molecule has 1 rings (SSSR count). The van der Waals surface area contributed by atoms with Crippen molar-refractivity contribution in [3.05, 3.63) is 35.9 Å². The molecule has 0 heterocycles. The summed E-state index contributed by atoms with van der Waals surface area (Å²) >= 11 is 5.61. The van der Waals surface area contributed by atoms with Crippen molar-refractivity contribution < 1.29 is 0 Å². The molecule has 0 N–H and O–H groups in total. The molecule has 0 aromatic heterocycles. The van der Waals surface area contributed by atoms with Gasteiger partial charge in [-0.25, -0.2) is 0 Å². The molecule has 0 saturated heterocycles. The number of alkyl halides is 1. The lowest BCUT2D eigenvalue weighted by Crippen LogP contribution is -1.97. The fourth-order valence-corrected chi connectivity index (χ4v) is 2.19. The topological polar surface area (TPSA) is 0 Å². The van der Waals surface area contributed by atoms with Crippen molar-refractivity contribution in [3.63, 3.8) is 0 Å². The van der Waals surface area contributed by atoms with Crippen LogP contribution < -0.4 is 0 Å². The largest absolute Gasteiger partial charge is 0.131 e. The lowest BCUT2D eigenvalue weighted by atomic mass is 10.2. The van der Waals surface area contributed by atoms with E-state index in [-0.39, 0.29) is 9.52 Å². The third kappa shape index (κ3) is 2.54. The Morgan fingerprint density at radius 3 is 2.50 bits per heavy atom. The summed E-state index contributed by atoms with van der Waals surface area (Å²) in [4.78, 5) is 0. The maximum Gasteiger partial charge on any atom is 0.0425 e. The Hall–Kier alpha value is -0.273. The smallest absolute Gasteiger partial charge is 0.0425 e. The van der Waals surface area contributed by atoms with Gasteiger partial charge in [0, 0.05) is 15.0 Å². The van der Waals surface area contributed by atoms with Gasteiger partial charge in [-0.1, -0.05) is 35.9 Å². The average molecular weight is 171 g/mol.